The monoisotopic (exact) mass is 450 g/mol. The molecule has 0 aliphatic carbocycles. The molecular weight excluding hydrogens is 396 g/mol. The van der Waals surface area contributed by atoms with Gasteiger partial charge in [0.2, 0.25) is 0 Å². The van der Waals surface area contributed by atoms with Crippen molar-refractivity contribution in [2.75, 3.05) is 45.8 Å². The van der Waals surface area contributed by atoms with Gasteiger partial charge in [0.15, 0.2) is 0 Å². The lowest BCUT2D eigenvalue weighted by Gasteiger charge is -2.44. The number of nitrogens with zero attached hydrogens (tertiary/aromatic N) is 3. The third-order valence-electron chi connectivity index (χ3n) is 8.13. The number of hydrogen-bond acceptors (Lipinski definition) is 6. The molecule has 3 fully saturated rings. The zero-order valence-corrected chi connectivity index (χ0v) is 22.2. The van der Waals surface area contributed by atoms with Crippen molar-refractivity contribution in [3.63, 3.8) is 0 Å². The zero-order valence-electron chi connectivity index (χ0n) is 22.2. The molecular formula is C26H54N6. The molecule has 0 spiro atoms. The summed E-state index contributed by atoms with van der Waals surface area (Å²) in [7, 11) is 0. The van der Waals surface area contributed by atoms with Crippen molar-refractivity contribution in [3.05, 3.63) is 0 Å². The van der Waals surface area contributed by atoms with Crippen LogP contribution in [-0.2, 0) is 0 Å². The van der Waals surface area contributed by atoms with E-state index in [-0.39, 0.29) is 0 Å². The Morgan fingerprint density at radius 2 is 1.31 bits per heavy atom. The van der Waals surface area contributed by atoms with Gasteiger partial charge in [-0.1, -0.05) is 6.42 Å². The maximum atomic E-state index is 3.92. The molecule has 6 nitrogen and oxygen atoms in total. The Bertz CT molecular complexity index is 532. The second kappa shape index (κ2) is 12.5. The van der Waals surface area contributed by atoms with Crippen LogP contribution in [0.4, 0.5) is 0 Å². The highest BCUT2D eigenvalue weighted by Crippen LogP contribution is 2.19. The third-order valence-corrected chi connectivity index (χ3v) is 8.13. The number of hydrogen-bond donors (Lipinski definition) is 3. The van der Waals surface area contributed by atoms with Crippen molar-refractivity contribution in [2.24, 2.45) is 0 Å². The number of nitrogens with one attached hydrogen (secondary N) is 3. The summed E-state index contributed by atoms with van der Waals surface area (Å²) >= 11 is 0. The molecule has 7 atom stereocenters. The predicted molar refractivity (Wildman–Crippen MR) is 137 cm³/mol. The lowest BCUT2D eigenvalue weighted by atomic mass is 9.98. The molecule has 0 aromatic carbocycles. The van der Waals surface area contributed by atoms with Crippen molar-refractivity contribution >= 4 is 0 Å². The summed E-state index contributed by atoms with van der Waals surface area (Å²) in [5.41, 5.74) is 0. The second-order valence-electron chi connectivity index (χ2n) is 11.7. The van der Waals surface area contributed by atoms with Gasteiger partial charge in [0, 0.05) is 94.1 Å². The van der Waals surface area contributed by atoms with E-state index in [0.717, 1.165) is 6.54 Å². The van der Waals surface area contributed by atoms with Crippen LogP contribution in [0.3, 0.4) is 0 Å². The molecule has 0 radical (unpaired) electrons. The molecule has 32 heavy (non-hydrogen) atoms. The SMILES string of the molecule is CC1CN([C@@H](C)CC2CN([C@H](C)CCCC3CN(C(C)C)CCN3)CC(C)N2)CC(C)N1. The first-order chi connectivity index (χ1) is 15.2. The molecule has 3 aliphatic rings. The highest BCUT2D eigenvalue weighted by Gasteiger charge is 2.31. The first kappa shape index (κ1) is 26.4. The van der Waals surface area contributed by atoms with Crippen LogP contribution in [0.5, 0.6) is 0 Å². The molecule has 0 amide bonds. The topological polar surface area (TPSA) is 45.8 Å². The molecule has 3 heterocycles. The van der Waals surface area contributed by atoms with Crippen LogP contribution in [0.2, 0.25) is 0 Å². The molecule has 3 rings (SSSR count). The van der Waals surface area contributed by atoms with Crippen molar-refractivity contribution < 1.29 is 0 Å². The van der Waals surface area contributed by atoms with Crippen LogP contribution in [-0.4, -0.2) is 109 Å². The summed E-state index contributed by atoms with van der Waals surface area (Å²) in [6, 6.07) is 5.07. The van der Waals surface area contributed by atoms with E-state index in [0.29, 0.717) is 48.3 Å². The van der Waals surface area contributed by atoms with Crippen molar-refractivity contribution in [3.8, 4) is 0 Å². The van der Waals surface area contributed by atoms with Gasteiger partial charge in [-0.2, -0.15) is 0 Å². The summed E-state index contributed by atoms with van der Waals surface area (Å²) in [6.45, 7) is 24.9. The van der Waals surface area contributed by atoms with E-state index in [2.05, 4.69) is 79.1 Å². The molecule has 3 saturated heterocycles. The molecule has 3 aliphatic heterocycles. The van der Waals surface area contributed by atoms with Crippen LogP contribution >= 0.6 is 0 Å². The molecule has 0 bridgehead atoms. The maximum absolute atomic E-state index is 3.92. The standard InChI is InChI=1S/C26H54N6/c1-19(2)30-12-11-27-25(17-30)10-8-9-23(6)32-16-22(5)29-26(18-32)13-24(7)31-14-20(3)28-21(4)15-31/h19-29H,8-18H2,1-7H3/t20?,21?,22?,23-,24+,25?,26?/m1/s1. The van der Waals surface area contributed by atoms with E-state index in [9.17, 15) is 0 Å². The quantitative estimate of drug-likeness (QED) is 0.501. The highest BCUT2D eigenvalue weighted by atomic mass is 15.3. The largest absolute Gasteiger partial charge is 0.311 e. The summed E-state index contributed by atoms with van der Waals surface area (Å²) in [5, 5.41) is 11.3. The summed E-state index contributed by atoms with van der Waals surface area (Å²) in [5.74, 6) is 0. The van der Waals surface area contributed by atoms with Gasteiger partial charge < -0.3 is 16.0 Å². The fourth-order valence-corrected chi connectivity index (χ4v) is 6.37. The maximum Gasteiger partial charge on any atom is 0.0212 e. The zero-order chi connectivity index (χ0) is 23.3. The highest BCUT2D eigenvalue weighted by molar-refractivity contribution is 4.91. The van der Waals surface area contributed by atoms with Crippen molar-refractivity contribution in [2.45, 2.75) is 122 Å². The second-order valence-corrected chi connectivity index (χ2v) is 11.7. The minimum Gasteiger partial charge on any atom is -0.311 e. The summed E-state index contributed by atoms with van der Waals surface area (Å²) in [4.78, 5) is 8.11. The van der Waals surface area contributed by atoms with E-state index in [4.69, 9.17) is 0 Å². The van der Waals surface area contributed by atoms with Crippen LogP contribution in [0.1, 0.15) is 74.1 Å². The van der Waals surface area contributed by atoms with Gasteiger partial charge in [0.1, 0.15) is 0 Å². The van der Waals surface area contributed by atoms with E-state index in [1.54, 1.807) is 0 Å². The summed E-state index contributed by atoms with van der Waals surface area (Å²) in [6.07, 6.45) is 5.22. The molecule has 0 aromatic rings. The Kier molecular flexibility index (Phi) is 10.3. The lowest BCUT2D eigenvalue weighted by Crippen LogP contribution is -2.60. The van der Waals surface area contributed by atoms with E-state index < -0.39 is 0 Å². The predicted octanol–water partition coefficient (Wildman–Crippen LogP) is 2.35. The van der Waals surface area contributed by atoms with Gasteiger partial charge in [0.05, 0.1) is 0 Å². The summed E-state index contributed by atoms with van der Waals surface area (Å²) < 4.78 is 0. The molecule has 0 aromatic heterocycles. The van der Waals surface area contributed by atoms with Gasteiger partial charge in [0.25, 0.3) is 0 Å². The van der Waals surface area contributed by atoms with Gasteiger partial charge >= 0.3 is 0 Å². The normalized spacial score (nSPS) is 35.8. The van der Waals surface area contributed by atoms with Gasteiger partial charge in [-0.05, 0) is 67.7 Å². The van der Waals surface area contributed by atoms with E-state index in [1.807, 2.05) is 0 Å². The fraction of sp³-hybridized carbons (Fsp3) is 1.00. The first-order valence-corrected chi connectivity index (χ1v) is 13.7. The average Bonchev–Trinajstić information content (AvgIpc) is 2.72. The lowest BCUT2D eigenvalue weighted by molar-refractivity contribution is 0.0821. The molecule has 0 saturated carbocycles. The first-order valence-electron chi connectivity index (χ1n) is 13.7. The van der Waals surface area contributed by atoms with Gasteiger partial charge in [-0.25, -0.2) is 0 Å². The Labute approximate surface area is 199 Å². The number of rotatable bonds is 9. The molecule has 6 heteroatoms. The smallest absolute Gasteiger partial charge is 0.0212 e. The van der Waals surface area contributed by atoms with Crippen molar-refractivity contribution in [1.82, 2.24) is 30.7 Å². The Morgan fingerprint density at radius 3 is 1.97 bits per heavy atom. The number of piperazine rings is 3. The molecule has 5 unspecified atom stereocenters. The minimum atomic E-state index is 0.587. The third kappa shape index (κ3) is 7.92. The Balaban J connectivity index is 1.41. The Morgan fingerprint density at radius 1 is 0.719 bits per heavy atom. The molecule has 188 valence electrons. The van der Waals surface area contributed by atoms with E-state index in [1.165, 1.54) is 65.0 Å². The van der Waals surface area contributed by atoms with E-state index >= 15 is 0 Å². The molecule has 3 N–H and O–H groups in total. The fourth-order valence-electron chi connectivity index (χ4n) is 6.37. The van der Waals surface area contributed by atoms with Crippen LogP contribution in [0.15, 0.2) is 0 Å². The van der Waals surface area contributed by atoms with Crippen molar-refractivity contribution in [1.29, 1.82) is 0 Å². The van der Waals surface area contributed by atoms with Gasteiger partial charge in [-0.3, -0.25) is 14.7 Å². The van der Waals surface area contributed by atoms with Crippen LogP contribution < -0.4 is 16.0 Å². The van der Waals surface area contributed by atoms with Gasteiger partial charge in [-0.15, -0.1) is 0 Å². The average molecular weight is 451 g/mol. The Hall–Kier alpha value is -0.240. The minimum absolute atomic E-state index is 0.587. The van der Waals surface area contributed by atoms with Crippen LogP contribution in [0, 0.1) is 0 Å². The van der Waals surface area contributed by atoms with Crippen LogP contribution in [0.25, 0.3) is 0 Å².